The zero-order valence-electron chi connectivity index (χ0n) is 17.9. The highest BCUT2D eigenvalue weighted by Gasteiger charge is 2.37. The van der Waals surface area contributed by atoms with Crippen molar-refractivity contribution in [1.82, 2.24) is 24.9 Å². The van der Waals surface area contributed by atoms with Gasteiger partial charge in [-0.25, -0.2) is 4.68 Å². The number of hydrogen-bond donors (Lipinski definition) is 1. The Kier molecular flexibility index (Phi) is 6.52. The third kappa shape index (κ3) is 5.53. The number of nitro benzene ring substituents is 1. The molecule has 0 bridgehead atoms. The summed E-state index contributed by atoms with van der Waals surface area (Å²) in [5.74, 6) is -0.267. The molecule has 0 aliphatic heterocycles. The van der Waals surface area contributed by atoms with Crippen LogP contribution in [0.3, 0.4) is 0 Å². The summed E-state index contributed by atoms with van der Waals surface area (Å²) >= 11 is 0. The number of benzene rings is 1. The van der Waals surface area contributed by atoms with Gasteiger partial charge in [0.05, 0.1) is 4.92 Å². The second kappa shape index (κ2) is 9.53. The molecule has 0 radical (unpaired) electrons. The standard InChI is InChI=1S/C21H21F3N6O4/c22-21(23,24)19-12-17(14-6-7-14)29(27-19)10-3-9-25-20(31)15-8-11-28(26-15)13-34-18-5-2-1-4-16(18)30(32)33/h1-2,4-5,8,11-12,14H,3,6-7,9-10,13H2,(H,25,31). The molecule has 0 spiro atoms. The van der Waals surface area contributed by atoms with E-state index in [1.165, 1.54) is 39.8 Å². The molecule has 2 heterocycles. The molecule has 4 rings (SSSR count). The zero-order chi connectivity index (χ0) is 24.3. The van der Waals surface area contributed by atoms with Crippen LogP contribution in [0, 0.1) is 10.1 Å². The van der Waals surface area contributed by atoms with E-state index in [4.69, 9.17) is 4.74 Å². The summed E-state index contributed by atoms with van der Waals surface area (Å²) < 4.78 is 47.0. The first kappa shape index (κ1) is 23.3. The van der Waals surface area contributed by atoms with Crippen LogP contribution >= 0.6 is 0 Å². The summed E-state index contributed by atoms with van der Waals surface area (Å²) in [5.41, 5.74) is -0.386. The van der Waals surface area contributed by atoms with Crippen LogP contribution in [0.1, 0.15) is 47.1 Å². The number of nitro groups is 1. The molecule has 13 heteroatoms. The molecule has 1 saturated carbocycles. The number of nitrogens with one attached hydrogen (secondary N) is 1. The minimum absolute atomic E-state index is 0.0758. The Morgan fingerprint density at radius 3 is 2.71 bits per heavy atom. The number of rotatable bonds is 10. The van der Waals surface area contributed by atoms with E-state index in [9.17, 15) is 28.1 Å². The second-order valence-corrected chi connectivity index (χ2v) is 7.80. The van der Waals surface area contributed by atoms with Gasteiger partial charge in [-0.3, -0.25) is 19.6 Å². The van der Waals surface area contributed by atoms with Crippen molar-refractivity contribution >= 4 is 11.6 Å². The van der Waals surface area contributed by atoms with Gasteiger partial charge in [0.25, 0.3) is 5.91 Å². The van der Waals surface area contributed by atoms with Crippen molar-refractivity contribution < 1.29 is 27.6 Å². The first-order valence-corrected chi connectivity index (χ1v) is 10.5. The van der Waals surface area contributed by atoms with E-state index in [-0.39, 0.29) is 42.9 Å². The third-order valence-electron chi connectivity index (χ3n) is 5.22. The lowest BCUT2D eigenvalue weighted by atomic mass is 10.2. The van der Waals surface area contributed by atoms with E-state index in [0.29, 0.717) is 12.1 Å². The summed E-state index contributed by atoms with van der Waals surface area (Å²) in [5, 5.41) is 21.5. The molecule has 180 valence electrons. The zero-order valence-corrected chi connectivity index (χ0v) is 17.9. The molecule has 1 aliphatic rings. The van der Waals surface area contributed by atoms with Gasteiger partial charge in [-0.1, -0.05) is 12.1 Å². The van der Waals surface area contributed by atoms with Crippen LogP contribution in [0.2, 0.25) is 0 Å². The smallest absolute Gasteiger partial charge is 0.435 e. The van der Waals surface area contributed by atoms with Gasteiger partial charge in [0.15, 0.2) is 18.2 Å². The molecular formula is C21H21F3N6O4. The summed E-state index contributed by atoms with van der Waals surface area (Å²) in [4.78, 5) is 22.8. The normalized spacial score (nSPS) is 13.6. The average molecular weight is 478 g/mol. The average Bonchev–Trinajstić information content (AvgIpc) is 3.36. The number of aryl methyl sites for hydroxylation is 1. The highest BCUT2D eigenvalue weighted by Crippen LogP contribution is 2.42. The van der Waals surface area contributed by atoms with Gasteiger partial charge in [0.2, 0.25) is 0 Å². The van der Waals surface area contributed by atoms with Crippen molar-refractivity contribution in [2.45, 2.75) is 44.6 Å². The predicted molar refractivity (Wildman–Crippen MR) is 112 cm³/mol. The van der Waals surface area contributed by atoms with Crippen LogP contribution in [0.25, 0.3) is 0 Å². The maximum absolute atomic E-state index is 13.0. The lowest BCUT2D eigenvalue weighted by Gasteiger charge is -2.08. The van der Waals surface area contributed by atoms with Gasteiger partial charge >= 0.3 is 11.9 Å². The minimum Gasteiger partial charge on any atom is -0.464 e. The monoisotopic (exact) mass is 478 g/mol. The van der Waals surface area contributed by atoms with Crippen LogP contribution < -0.4 is 10.1 Å². The number of nitrogens with zero attached hydrogens (tertiary/aromatic N) is 5. The van der Waals surface area contributed by atoms with E-state index in [0.717, 1.165) is 18.9 Å². The first-order chi connectivity index (χ1) is 16.2. The van der Waals surface area contributed by atoms with Crippen molar-refractivity contribution in [3.63, 3.8) is 0 Å². The molecule has 10 nitrogen and oxygen atoms in total. The number of ether oxygens (including phenoxy) is 1. The molecule has 1 aromatic carbocycles. The SMILES string of the molecule is O=C(NCCCn1nc(C(F)(F)F)cc1C1CC1)c1ccn(COc2ccccc2[N+](=O)[O-])n1. The number of aromatic nitrogens is 4. The summed E-state index contributed by atoms with van der Waals surface area (Å²) in [7, 11) is 0. The van der Waals surface area contributed by atoms with Crippen LogP contribution in [-0.2, 0) is 19.5 Å². The maximum Gasteiger partial charge on any atom is 0.435 e. The Labute approximate surface area is 191 Å². The molecule has 1 N–H and O–H groups in total. The molecule has 1 aliphatic carbocycles. The van der Waals surface area contributed by atoms with Gasteiger partial charge in [0.1, 0.15) is 5.69 Å². The van der Waals surface area contributed by atoms with Crippen molar-refractivity contribution in [3.8, 4) is 5.75 Å². The number of amides is 1. The lowest BCUT2D eigenvalue weighted by molar-refractivity contribution is -0.386. The Morgan fingerprint density at radius 2 is 2.00 bits per heavy atom. The fourth-order valence-electron chi connectivity index (χ4n) is 3.40. The fraction of sp³-hybridized carbons (Fsp3) is 0.381. The number of halogens is 3. The third-order valence-corrected chi connectivity index (χ3v) is 5.22. The van der Waals surface area contributed by atoms with Crippen LogP contribution in [-0.4, -0.2) is 36.9 Å². The van der Waals surface area contributed by atoms with Gasteiger partial charge in [-0.2, -0.15) is 23.4 Å². The summed E-state index contributed by atoms with van der Waals surface area (Å²) in [6.07, 6.45) is -0.898. The maximum atomic E-state index is 13.0. The largest absolute Gasteiger partial charge is 0.464 e. The van der Waals surface area contributed by atoms with Gasteiger partial charge in [-0.15, -0.1) is 0 Å². The molecule has 0 atom stereocenters. The predicted octanol–water partition coefficient (Wildman–Crippen LogP) is 3.74. The van der Waals surface area contributed by atoms with E-state index < -0.39 is 22.7 Å². The Balaban J connectivity index is 1.26. The second-order valence-electron chi connectivity index (χ2n) is 7.80. The molecule has 2 aromatic heterocycles. The Hall–Kier alpha value is -3.90. The molecule has 34 heavy (non-hydrogen) atoms. The lowest BCUT2D eigenvalue weighted by Crippen LogP contribution is -2.26. The minimum atomic E-state index is -4.49. The highest BCUT2D eigenvalue weighted by atomic mass is 19.4. The molecule has 3 aromatic rings. The van der Waals surface area contributed by atoms with Crippen LogP contribution in [0.15, 0.2) is 42.6 Å². The summed E-state index contributed by atoms with van der Waals surface area (Å²) in [6.45, 7) is 0.340. The number of para-hydroxylation sites is 2. The van der Waals surface area contributed by atoms with E-state index in [1.807, 2.05) is 0 Å². The topological polar surface area (TPSA) is 117 Å². The van der Waals surface area contributed by atoms with Crippen LogP contribution in [0.5, 0.6) is 5.75 Å². The number of carbonyl (C=O) groups is 1. The number of hydrogen-bond acceptors (Lipinski definition) is 6. The highest BCUT2D eigenvalue weighted by molar-refractivity contribution is 5.92. The Morgan fingerprint density at radius 1 is 1.24 bits per heavy atom. The summed E-state index contributed by atoms with van der Waals surface area (Å²) in [6, 6.07) is 8.47. The van der Waals surface area contributed by atoms with E-state index >= 15 is 0 Å². The molecular weight excluding hydrogens is 457 g/mol. The number of carbonyl (C=O) groups excluding carboxylic acids is 1. The van der Waals surface area contributed by atoms with E-state index in [1.54, 1.807) is 6.07 Å². The molecule has 1 amide bonds. The molecule has 0 unspecified atom stereocenters. The van der Waals surface area contributed by atoms with Crippen molar-refractivity contribution in [2.75, 3.05) is 6.54 Å². The number of alkyl halides is 3. The fourth-order valence-corrected chi connectivity index (χ4v) is 3.40. The van der Waals surface area contributed by atoms with Gasteiger partial charge < -0.3 is 10.1 Å². The van der Waals surface area contributed by atoms with Crippen molar-refractivity contribution in [1.29, 1.82) is 0 Å². The van der Waals surface area contributed by atoms with Gasteiger partial charge in [-0.05, 0) is 37.5 Å². The molecule has 0 saturated heterocycles. The van der Waals surface area contributed by atoms with Crippen molar-refractivity contribution in [2.24, 2.45) is 0 Å². The Bertz CT molecular complexity index is 1190. The first-order valence-electron chi connectivity index (χ1n) is 10.5. The molecule has 1 fully saturated rings. The van der Waals surface area contributed by atoms with Crippen molar-refractivity contribution in [3.05, 3.63) is 69.8 Å². The van der Waals surface area contributed by atoms with E-state index in [2.05, 4.69) is 15.5 Å². The van der Waals surface area contributed by atoms with Gasteiger partial charge in [0, 0.05) is 37.0 Å². The quantitative estimate of drug-likeness (QED) is 0.270. The van der Waals surface area contributed by atoms with Crippen LogP contribution in [0.4, 0.5) is 18.9 Å².